The zero-order valence-electron chi connectivity index (χ0n) is 10.4. The zero-order chi connectivity index (χ0) is 13.1. The highest BCUT2D eigenvalue weighted by Gasteiger charge is 2.37. The summed E-state index contributed by atoms with van der Waals surface area (Å²) in [4.78, 5) is 0. The van der Waals surface area contributed by atoms with Crippen LogP contribution in [0.15, 0.2) is 18.2 Å². The molecule has 0 aromatic heterocycles. The Morgan fingerprint density at radius 2 is 1.82 bits per heavy atom. The maximum Gasteiger partial charge on any atom is 0.189 e. The Bertz CT molecular complexity index is 375. The van der Waals surface area contributed by atoms with Crippen LogP contribution in [0.4, 0.5) is 0 Å². The van der Waals surface area contributed by atoms with E-state index in [9.17, 15) is 5.11 Å². The maximum atomic E-state index is 10.5. The summed E-state index contributed by atoms with van der Waals surface area (Å²) in [6, 6.07) is 5.01. The third kappa shape index (κ3) is 2.90. The van der Waals surface area contributed by atoms with E-state index in [1.54, 1.807) is 25.1 Å². The number of hydrogen-bond donors (Lipinski definition) is 1. The largest absolute Gasteiger partial charge is 0.496 e. The van der Waals surface area contributed by atoms with Gasteiger partial charge in [-0.15, -0.1) is 0 Å². The molecule has 4 nitrogen and oxygen atoms in total. The average Bonchev–Trinajstić information content (AvgIpc) is 2.30. The van der Waals surface area contributed by atoms with Crippen LogP contribution in [0.2, 0.25) is 5.02 Å². The second-order valence-electron chi connectivity index (χ2n) is 3.80. The summed E-state index contributed by atoms with van der Waals surface area (Å²) in [5.41, 5.74) is -0.846. The molecule has 0 aliphatic carbocycles. The van der Waals surface area contributed by atoms with Gasteiger partial charge < -0.3 is 19.3 Å². The quantitative estimate of drug-likeness (QED) is 0.825. The molecule has 0 fully saturated rings. The maximum absolute atomic E-state index is 10.5. The normalized spacial score (nSPS) is 14.8. The topological polar surface area (TPSA) is 47.9 Å². The lowest BCUT2D eigenvalue weighted by Gasteiger charge is -2.32. The molecular formula is C12H17ClO4. The van der Waals surface area contributed by atoms with Gasteiger partial charge in [-0.05, 0) is 25.1 Å². The van der Waals surface area contributed by atoms with Crippen LogP contribution in [-0.2, 0) is 15.1 Å². The van der Waals surface area contributed by atoms with E-state index < -0.39 is 11.9 Å². The Hall–Kier alpha value is -0.810. The fourth-order valence-corrected chi connectivity index (χ4v) is 1.93. The van der Waals surface area contributed by atoms with Crippen molar-refractivity contribution in [1.82, 2.24) is 0 Å². The number of benzene rings is 1. The van der Waals surface area contributed by atoms with Crippen LogP contribution in [0.1, 0.15) is 12.5 Å². The first kappa shape index (κ1) is 14.3. The van der Waals surface area contributed by atoms with Crippen molar-refractivity contribution in [1.29, 1.82) is 0 Å². The number of rotatable bonds is 5. The second-order valence-corrected chi connectivity index (χ2v) is 4.23. The lowest BCUT2D eigenvalue weighted by Crippen LogP contribution is -2.39. The average molecular weight is 261 g/mol. The predicted octanol–water partition coefficient (Wildman–Crippen LogP) is 2.17. The van der Waals surface area contributed by atoms with Gasteiger partial charge in [0.15, 0.2) is 6.29 Å². The summed E-state index contributed by atoms with van der Waals surface area (Å²) in [6.45, 7) is 1.58. The highest BCUT2D eigenvalue weighted by molar-refractivity contribution is 6.30. The minimum absolute atomic E-state index is 0.507. The summed E-state index contributed by atoms with van der Waals surface area (Å²) in [5.74, 6) is 0.526. The lowest BCUT2D eigenvalue weighted by molar-refractivity contribution is -0.213. The third-order valence-corrected chi connectivity index (χ3v) is 2.83. The molecule has 0 heterocycles. The lowest BCUT2D eigenvalue weighted by atomic mass is 9.94. The molecule has 1 aromatic carbocycles. The molecule has 0 spiro atoms. The van der Waals surface area contributed by atoms with E-state index in [1.165, 1.54) is 21.3 Å². The molecule has 0 aliphatic heterocycles. The van der Waals surface area contributed by atoms with E-state index in [4.69, 9.17) is 25.8 Å². The molecule has 0 radical (unpaired) electrons. The van der Waals surface area contributed by atoms with Gasteiger partial charge in [-0.3, -0.25) is 0 Å². The Kier molecular flexibility index (Phi) is 4.77. The first-order valence-corrected chi connectivity index (χ1v) is 5.47. The van der Waals surface area contributed by atoms with Crippen LogP contribution in [0.3, 0.4) is 0 Å². The molecule has 1 unspecified atom stereocenters. The molecule has 0 bridgehead atoms. The number of ether oxygens (including phenoxy) is 3. The van der Waals surface area contributed by atoms with Gasteiger partial charge in [0.05, 0.1) is 7.11 Å². The van der Waals surface area contributed by atoms with Crippen LogP contribution in [0.25, 0.3) is 0 Å². The highest BCUT2D eigenvalue weighted by Crippen LogP contribution is 2.35. The second kappa shape index (κ2) is 5.69. The van der Waals surface area contributed by atoms with Crippen LogP contribution >= 0.6 is 11.6 Å². The standard InChI is InChI=1S/C12H17ClO4/c1-12(14,11(16-3)17-4)9-7-8(13)5-6-10(9)15-2/h5-7,11,14H,1-4H3. The Labute approximate surface area is 106 Å². The van der Waals surface area contributed by atoms with Gasteiger partial charge in [-0.2, -0.15) is 0 Å². The summed E-state index contributed by atoms with van der Waals surface area (Å²) >= 11 is 5.92. The molecule has 0 saturated carbocycles. The van der Waals surface area contributed by atoms with Crippen LogP contribution in [-0.4, -0.2) is 32.7 Å². The number of hydrogen-bond acceptors (Lipinski definition) is 4. The van der Waals surface area contributed by atoms with Crippen LogP contribution < -0.4 is 4.74 Å². The summed E-state index contributed by atoms with van der Waals surface area (Å²) in [7, 11) is 4.44. The molecule has 1 atom stereocenters. The monoisotopic (exact) mass is 260 g/mol. The van der Waals surface area contributed by atoms with Gasteiger partial charge in [0, 0.05) is 24.8 Å². The molecule has 17 heavy (non-hydrogen) atoms. The predicted molar refractivity (Wildman–Crippen MR) is 65.4 cm³/mol. The van der Waals surface area contributed by atoms with Gasteiger partial charge in [0.25, 0.3) is 0 Å². The molecule has 5 heteroatoms. The van der Waals surface area contributed by atoms with Crippen LogP contribution in [0, 0.1) is 0 Å². The van der Waals surface area contributed by atoms with Crippen molar-refractivity contribution in [3.63, 3.8) is 0 Å². The van der Waals surface area contributed by atoms with E-state index >= 15 is 0 Å². The fraction of sp³-hybridized carbons (Fsp3) is 0.500. The van der Waals surface area contributed by atoms with Crippen molar-refractivity contribution < 1.29 is 19.3 Å². The molecule has 1 rings (SSSR count). The number of halogens is 1. The van der Waals surface area contributed by atoms with E-state index in [2.05, 4.69) is 0 Å². The van der Waals surface area contributed by atoms with E-state index in [0.29, 0.717) is 16.3 Å². The number of methoxy groups -OCH3 is 3. The molecule has 96 valence electrons. The third-order valence-electron chi connectivity index (χ3n) is 2.59. The van der Waals surface area contributed by atoms with Crippen molar-refractivity contribution in [2.45, 2.75) is 18.8 Å². The van der Waals surface area contributed by atoms with Crippen molar-refractivity contribution in [2.75, 3.05) is 21.3 Å². The van der Waals surface area contributed by atoms with Gasteiger partial charge in [-0.1, -0.05) is 11.6 Å². The number of aliphatic hydroxyl groups is 1. The minimum atomic E-state index is -1.36. The smallest absolute Gasteiger partial charge is 0.189 e. The van der Waals surface area contributed by atoms with Crippen molar-refractivity contribution in [3.8, 4) is 5.75 Å². The molecule has 1 aromatic rings. The molecule has 0 saturated heterocycles. The Balaban J connectivity index is 3.24. The SMILES string of the molecule is COc1ccc(Cl)cc1C(C)(O)C(OC)OC. The summed E-state index contributed by atoms with van der Waals surface area (Å²) < 4.78 is 15.4. The van der Waals surface area contributed by atoms with Gasteiger partial charge in [-0.25, -0.2) is 0 Å². The van der Waals surface area contributed by atoms with E-state index in [1.807, 2.05) is 0 Å². The van der Waals surface area contributed by atoms with E-state index in [0.717, 1.165) is 0 Å². The molecular weight excluding hydrogens is 244 g/mol. The van der Waals surface area contributed by atoms with Crippen molar-refractivity contribution in [2.24, 2.45) is 0 Å². The first-order valence-electron chi connectivity index (χ1n) is 5.09. The van der Waals surface area contributed by atoms with Gasteiger partial charge in [0.1, 0.15) is 11.4 Å². The highest BCUT2D eigenvalue weighted by atomic mass is 35.5. The summed E-state index contributed by atoms with van der Waals surface area (Å²) in [5, 5.41) is 11.0. The molecule has 0 aliphatic rings. The first-order chi connectivity index (χ1) is 7.97. The Morgan fingerprint density at radius 1 is 1.24 bits per heavy atom. The van der Waals surface area contributed by atoms with Gasteiger partial charge in [0.2, 0.25) is 0 Å². The fourth-order valence-electron chi connectivity index (χ4n) is 1.76. The van der Waals surface area contributed by atoms with Gasteiger partial charge >= 0.3 is 0 Å². The summed E-state index contributed by atoms with van der Waals surface area (Å²) in [6.07, 6.45) is -0.810. The van der Waals surface area contributed by atoms with Crippen molar-refractivity contribution in [3.05, 3.63) is 28.8 Å². The Morgan fingerprint density at radius 3 is 2.29 bits per heavy atom. The minimum Gasteiger partial charge on any atom is -0.496 e. The van der Waals surface area contributed by atoms with E-state index in [-0.39, 0.29) is 0 Å². The molecule has 0 amide bonds. The van der Waals surface area contributed by atoms with Crippen LogP contribution in [0.5, 0.6) is 5.75 Å². The van der Waals surface area contributed by atoms with Crippen molar-refractivity contribution >= 4 is 11.6 Å². The molecule has 1 N–H and O–H groups in total. The zero-order valence-corrected chi connectivity index (χ0v) is 11.1.